The summed E-state index contributed by atoms with van der Waals surface area (Å²) in [5.74, 6) is 0.583. The van der Waals surface area contributed by atoms with Crippen LogP contribution in [0.1, 0.15) is 0 Å². The van der Waals surface area contributed by atoms with Gasteiger partial charge in [0.25, 0.3) is 0 Å². The van der Waals surface area contributed by atoms with Crippen LogP contribution in [0.4, 0.5) is 5.82 Å². The van der Waals surface area contributed by atoms with E-state index in [1.807, 2.05) is 6.07 Å². The van der Waals surface area contributed by atoms with Gasteiger partial charge in [0.1, 0.15) is 5.82 Å². The lowest BCUT2D eigenvalue weighted by Crippen LogP contribution is -1.91. The summed E-state index contributed by atoms with van der Waals surface area (Å²) in [6, 6.07) is 1.85. The average molecular weight is 346 g/mol. The number of hydrogen-bond donors (Lipinski definition) is 1. The van der Waals surface area contributed by atoms with E-state index in [9.17, 15) is 0 Å². The highest BCUT2D eigenvalue weighted by molar-refractivity contribution is 14.1. The minimum Gasteiger partial charge on any atom is -0.384 e. The molecule has 0 saturated heterocycles. The van der Waals surface area contributed by atoms with Gasteiger partial charge < -0.3 is 5.73 Å². The van der Waals surface area contributed by atoms with Gasteiger partial charge in [0.2, 0.25) is 0 Å². The first-order valence-electron chi connectivity index (χ1n) is 2.26. The second-order valence-electron chi connectivity index (χ2n) is 1.52. The molecular weight excluding hydrogens is 342 g/mol. The lowest BCUT2D eigenvalue weighted by Gasteiger charge is -1.94. The smallest absolute Gasteiger partial charge is 0.124 e. The predicted octanol–water partition coefficient (Wildman–Crippen LogP) is 1.87. The Morgan fingerprint density at radius 2 is 2.00 bits per heavy atom. The van der Waals surface area contributed by atoms with Crippen LogP contribution in [-0.2, 0) is 0 Å². The highest BCUT2D eigenvalue weighted by Crippen LogP contribution is 2.14. The minimum atomic E-state index is 0.583. The minimum absolute atomic E-state index is 0.583. The molecule has 9 heavy (non-hydrogen) atoms. The van der Waals surface area contributed by atoms with Crippen LogP contribution in [-0.4, -0.2) is 4.98 Å². The molecule has 0 amide bonds. The molecule has 0 fully saturated rings. The molecule has 0 atom stereocenters. The van der Waals surface area contributed by atoms with Crippen molar-refractivity contribution in [1.82, 2.24) is 4.98 Å². The molecule has 1 aromatic heterocycles. The Hall–Kier alpha value is 0.410. The summed E-state index contributed by atoms with van der Waals surface area (Å²) in [4.78, 5) is 3.91. The van der Waals surface area contributed by atoms with Crippen LogP contribution in [0.2, 0.25) is 0 Å². The fourth-order valence-electron chi connectivity index (χ4n) is 0.429. The molecule has 0 unspecified atom stereocenters. The van der Waals surface area contributed by atoms with E-state index in [-0.39, 0.29) is 0 Å². The zero-order valence-corrected chi connectivity index (χ0v) is 8.75. The Labute approximate surface area is 80.5 Å². The van der Waals surface area contributed by atoms with Gasteiger partial charge in [-0.05, 0) is 51.2 Å². The van der Waals surface area contributed by atoms with E-state index in [1.54, 1.807) is 6.20 Å². The summed E-state index contributed by atoms with van der Waals surface area (Å²) in [5.41, 5.74) is 5.41. The summed E-state index contributed by atoms with van der Waals surface area (Å²) in [7, 11) is 0. The molecule has 0 aliphatic heterocycles. The number of hydrogen-bond acceptors (Lipinski definition) is 2. The van der Waals surface area contributed by atoms with Crippen molar-refractivity contribution < 1.29 is 0 Å². The summed E-state index contributed by atoms with van der Waals surface area (Å²) < 4.78 is 2.29. The third-order valence-corrected chi connectivity index (χ3v) is 3.61. The number of nitrogens with zero attached hydrogens (tertiary/aromatic N) is 1. The normalized spacial score (nSPS) is 9.56. The van der Waals surface area contributed by atoms with Gasteiger partial charge in [0.15, 0.2) is 0 Å². The molecule has 1 rings (SSSR count). The monoisotopic (exact) mass is 346 g/mol. The third kappa shape index (κ3) is 1.92. The van der Waals surface area contributed by atoms with Crippen LogP contribution >= 0.6 is 45.2 Å². The average Bonchev–Trinajstić information content (AvgIpc) is 1.80. The zero-order valence-electron chi connectivity index (χ0n) is 4.44. The van der Waals surface area contributed by atoms with E-state index in [4.69, 9.17) is 5.73 Å². The maximum Gasteiger partial charge on any atom is 0.124 e. The molecule has 2 nitrogen and oxygen atoms in total. The van der Waals surface area contributed by atoms with E-state index in [0.717, 1.165) is 7.14 Å². The fourth-order valence-corrected chi connectivity index (χ4v) is 1.18. The van der Waals surface area contributed by atoms with Crippen molar-refractivity contribution in [3.63, 3.8) is 0 Å². The van der Waals surface area contributed by atoms with Crippen molar-refractivity contribution >= 4 is 51.0 Å². The van der Waals surface area contributed by atoms with Crippen LogP contribution in [0.15, 0.2) is 12.3 Å². The van der Waals surface area contributed by atoms with Crippen molar-refractivity contribution in [3.05, 3.63) is 19.4 Å². The molecule has 0 aromatic carbocycles. The standard InChI is InChI=1S/C5H4I2N2/c6-3-1-5(8)9-2-4(3)7/h1-2H,(H2,8,9). The van der Waals surface area contributed by atoms with Crippen LogP contribution in [0.5, 0.6) is 0 Å². The van der Waals surface area contributed by atoms with E-state index in [2.05, 4.69) is 50.2 Å². The lowest BCUT2D eigenvalue weighted by molar-refractivity contribution is 1.30. The molecule has 0 radical (unpaired) electrons. The largest absolute Gasteiger partial charge is 0.384 e. The number of anilines is 1. The maximum absolute atomic E-state index is 5.41. The number of rotatable bonds is 0. The molecule has 2 N–H and O–H groups in total. The van der Waals surface area contributed by atoms with Crippen LogP contribution in [0, 0.1) is 7.14 Å². The Bertz CT molecular complexity index is 224. The SMILES string of the molecule is Nc1cc(I)c(I)cn1. The Morgan fingerprint density at radius 3 is 2.44 bits per heavy atom. The number of nitrogens with two attached hydrogens (primary N) is 1. The van der Waals surface area contributed by atoms with E-state index < -0.39 is 0 Å². The second-order valence-corrected chi connectivity index (χ2v) is 3.85. The fraction of sp³-hybridized carbons (Fsp3) is 0. The Kier molecular flexibility index (Phi) is 2.50. The van der Waals surface area contributed by atoms with Crippen molar-refractivity contribution in [1.29, 1.82) is 0 Å². The molecule has 1 aromatic rings. The molecule has 0 saturated carbocycles. The Balaban J connectivity index is 3.17. The molecule has 0 aliphatic carbocycles. The van der Waals surface area contributed by atoms with Gasteiger partial charge in [-0.25, -0.2) is 4.98 Å². The molecule has 0 bridgehead atoms. The highest BCUT2D eigenvalue weighted by Gasteiger charge is 1.94. The molecule has 1 heterocycles. The van der Waals surface area contributed by atoms with E-state index >= 15 is 0 Å². The van der Waals surface area contributed by atoms with Gasteiger partial charge in [-0.1, -0.05) is 0 Å². The molecule has 0 spiro atoms. The first-order chi connectivity index (χ1) is 4.20. The zero-order chi connectivity index (χ0) is 6.85. The van der Waals surface area contributed by atoms with Gasteiger partial charge in [-0.2, -0.15) is 0 Å². The number of pyridine rings is 1. The number of halogens is 2. The summed E-state index contributed by atoms with van der Waals surface area (Å²) in [6.45, 7) is 0. The topological polar surface area (TPSA) is 38.9 Å². The lowest BCUT2D eigenvalue weighted by atomic mass is 10.5. The number of nitrogen functional groups attached to an aromatic ring is 1. The summed E-state index contributed by atoms with van der Waals surface area (Å²) in [6.07, 6.45) is 1.76. The Morgan fingerprint density at radius 1 is 1.33 bits per heavy atom. The third-order valence-electron chi connectivity index (χ3n) is 0.830. The van der Waals surface area contributed by atoms with Crippen LogP contribution in [0.25, 0.3) is 0 Å². The highest BCUT2D eigenvalue weighted by atomic mass is 127. The van der Waals surface area contributed by atoms with Crippen LogP contribution in [0.3, 0.4) is 0 Å². The predicted molar refractivity (Wildman–Crippen MR) is 54.1 cm³/mol. The van der Waals surface area contributed by atoms with E-state index in [1.165, 1.54) is 0 Å². The number of aromatic nitrogens is 1. The first-order valence-corrected chi connectivity index (χ1v) is 4.42. The van der Waals surface area contributed by atoms with Gasteiger partial charge >= 0.3 is 0 Å². The quantitative estimate of drug-likeness (QED) is 0.729. The molecule has 0 aliphatic rings. The van der Waals surface area contributed by atoms with Crippen molar-refractivity contribution in [2.24, 2.45) is 0 Å². The molecule has 48 valence electrons. The maximum atomic E-state index is 5.41. The van der Waals surface area contributed by atoms with Gasteiger partial charge in [0, 0.05) is 13.3 Å². The van der Waals surface area contributed by atoms with Gasteiger partial charge in [-0.15, -0.1) is 0 Å². The molecule has 4 heteroatoms. The summed E-state index contributed by atoms with van der Waals surface area (Å²) >= 11 is 4.44. The second kappa shape index (κ2) is 3.00. The van der Waals surface area contributed by atoms with Crippen molar-refractivity contribution in [2.45, 2.75) is 0 Å². The van der Waals surface area contributed by atoms with Crippen LogP contribution < -0.4 is 5.73 Å². The first kappa shape index (κ1) is 7.52. The van der Waals surface area contributed by atoms with Crippen molar-refractivity contribution in [3.8, 4) is 0 Å². The summed E-state index contributed by atoms with van der Waals surface area (Å²) in [5, 5.41) is 0. The van der Waals surface area contributed by atoms with E-state index in [0.29, 0.717) is 5.82 Å². The molecular formula is C5H4I2N2. The van der Waals surface area contributed by atoms with Gasteiger partial charge in [0.05, 0.1) is 0 Å². The van der Waals surface area contributed by atoms with Crippen molar-refractivity contribution in [2.75, 3.05) is 5.73 Å². The van der Waals surface area contributed by atoms with Gasteiger partial charge in [-0.3, -0.25) is 0 Å².